The van der Waals surface area contributed by atoms with Crippen LogP contribution in [0.1, 0.15) is 131 Å². The van der Waals surface area contributed by atoms with E-state index in [1.807, 2.05) is 19.9 Å². The fourth-order valence-corrected chi connectivity index (χ4v) is 14.6. The van der Waals surface area contributed by atoms with Crippen molar-refractivity contribution in [1.29, 1.82) is 0 Å². The van der Waals surface area contributed by atoms with Crippen LogP contribution in [0.4, 0.5) is 9.59 Å². The molecule has 0 aliphatic heterocycles. The lowest BCUT2D eigenvalue weighted by atomic mass is 9.46. The number of nitrogens with two attached hydrogens (primary N) is 2. The molecule has 17 heteroatoms. The Kier molecular flexibility index (Phi) is 14.3. The van der Waals surface area contributed by atoms with Gasteiger partial charge in [-0.15, -0.1) is 0 Å². The molecule has 0 heterocycles. The number of carbonyl (C=O) groups excluding carboxylic acids is 7. The Morgan fingerprint density at radius 3 is 1.55 bits per heavy atom. The Balaban J connectivity index is 0.000000191. The molecule has 0 radical (unpaired) electrons. The molecule has 0 unspecified atom stereocenters. The average Bonchev–Trinajstić information content (AvgIpc) is 3.71. The first kappa shape index (κ1) is 50.3. The van der Waals surface area contributed by atoms with Crippen LogP contribution in [0.3, 0.4) is 0 Å². The quantitative estimate of drug-likeness (QED) is 0.0869. The Morgan fingerprint density at radius 1 is 0.692 bits per heavy atom. The first-order valence-electron chi connectivity index (χ1n) is 23.5. The molecular formula is C48H71N4O13+. The number of hydrogen-bond donors (Lipinski definition) is 7. The third-order valence-corrected chi connectivity index (χ3v) is 18.0. The summed E-state index contributed by atoms with van der Waals surface area (Å²) in [4.78, 5) is 85.6. The molecule has 2 amide bonds. The maximum absolute atomic E-state index is 13.6. The smallest absolute Gasteiger partial charge is 0.449 e. The van der Waals surface area contributed by atoms with Gasteiger partial charge in [0.1, 0.15) is 36.0 Å². The van der Waals surface area contributed by atoms with Crippen LogP contribution in [0.25, 0.3) is 0 Å². The van der Waals surface area contributed by atoms with Gasteiger partial charge in [0, 0.05) is 54.4 Å². The van der Waals surface area contributed by atoms with Gasteiger partial charge in [-0.2, -0.15) is 10.6 Å². The van der Waals surface area contributed by atoms with Crippen molar-refractivity contribution in [2.75, 3.05) is 26.4 Å². The van der Waals surface area contributed by atoms with Gasteiger partial charge in [0.2, 0.25) is 5.71 Å². The molecule has 6 saturated carbocycles. The molecule has 0 saturated heterocycles. The number of nitrogens with one attached hydrogen (secondary N) is 1. The molecule has 0 bridgehead atoms. The molecule has 8 aliphatic rings. The summed E-state index contributed by atoms with van der Waals surface area (Å²) in [6.07, 6.45) is 10.6. The van der Waals surface area contributed by atoms with E-state index in [1.165, 1.54) is 0 Å². The topological polar surface area (TPSA) is 286 Å². The molecule has 0 spiro atoms. The number of ether oxygens (including phenoxy) is 2. The minimum atomic E-state index is -1.64. The SMILES string of the molecule is CCOC(=O)/[N+](N)=C1/C=C2CC[C@@H]3[C@H](C(=O)C[C@@]4(C)[C@H]3CC[C@]4(O)C(=O)CO)[C@@]2(C)CC1.CCOC(=O)NN.C[C@]12CCC(=O)C=C1CC[C@@H]1[C@@H]2C(=O)C[C@@]2(C)[C@H]1CC[C@]2(O)C(=O)CO. The van der Waals surface area contributed by atoms with E-state index in [9.17, 15) is 54.0 Å². The zero-order chi connectivity index (χ0) is 48.1. The lowest BCUT2D eigenvalue weighted by Crippen LogP contribution is -2.61. The summed E-state index contributed by atoms with van der Waals surface area (Å²) in [6.45, 7) is 10.6. The van der Waals surface area contributed by atoms with Crippen molar-refractivity contribution in [2.45, 2.75) is 143 Å². The first-order chi connectivity index (χ1) is 30.5. The number of hydrazone groups is 1. The zero-order valence-corrected chi connectivity index (χ0v) is 38.9. The number of aliphatic hydroxyl groups excluding tert-OH is 2. The standard InChI is InChI=1S/C24H35N2O6.C21H28O5.C3H8N2O2/c1-4-32-21(30)26(25)15-7-9-22(2)14(11-15)5-6-16-17-8-10-24(31,19(29)13-27)23(17,3)12-18(28)20(16)22;1-19-7-5-13(23)9-12(19)3-4-14-15-6-8-21(26,17(25)11-22)20(15,2)10-16(24)18(14)19;1-2-7-3(6)5-4/h11,16-17,20,27,31H,4-10,12-13,25H2,1-3H3;9,14-15,18,22,26H,3-8,10-11H2,1-2H3;2,4H2,1H3,(H,5,6)/q+1;;/b26-15-;;/t16-,17-,20+,22-,23-,24-;14-,15-,18+,19-,20-,21-;/m00./s1. The van der Waals surface area contributed by atoms with E-state index in [-0.39, 0.29) is 83.1 Å². The van der Waals surface area contributed by atoms with Gasteiger partial charge in [-0.25, -0.2) is 10.6 Å². The number of Topliss-reactive ketones (excluding diaryl/α,β-unsaturated/α-hetero) is 4. The van der Waals surface area contributed by atoms with Crippen LogP contribution >= 0.6 is 0 Å². The fourth-order valence-electron chi connectivity index (χ4n) is 14.6. The number of fused-ring (bicyclic) bond motifs is 10. The number of allylic oxidation sites excluding steroid dienone is 3. The van der Waals surface area contributed by atoms with E-state index in [2.05, 4.69) is 24.4 Å². The maximum Gasteiger partial charge on any atom is 0.626 e. The van der Waals surface area contributed by atoms with E-state index in [4.69, 9.17) is 10.6 Å². The third kappa shape index (κ3) is 8.04. The molecule has 0 aromatic rings. The van der Waals surface area contributed by atoms with Gasteiger partial charge in [-0.3, -0.25) is 29.4 Å². The van der Waals surface area contributed by atoms with Gasteiger partial charge in [0.05, 0.1) is 13.2 Å². The van der Waals surface area contributed by atoms with Gasteiger partial charge in [-0.05, 0) is 123 Å². The van der Waals surface area contributed by atoms with Crippen LogP contribution in [0.2, 0.25) is 0 Å². The maximum atomic E-state index is 13.6. The van der Waals surface area contributed by atoms with E-state index >= 15 is 0 Å². The third-order valence-electron chi connectivity index (χ3n) is 18.0. The van der Waals surface area contributed by atoms with Gasteiger partial charge in [0.15, 0.2) is 17.3 Å². The van der Waals surface area contributed by atoms with Crippen molar-refractivity contribution in [3.63, 3.8) is 0 Å². The largest absolute Gasteiger partial charge is 0.626 e. The number of carbonyl (C=O) groups is 7. The number of amides is 2. The molecule has 12 atom stereocenters. The van der Waals surface area contributed by atoms with Crippen LogP contribution < -0.4 is 17.1 Å². The van der Waals surface area contributed by atoms with E-state index in [0.717, 1.165) is 41.5 Å². The summed E-state index contributed by atoms with van der Waals surface area (Å²) >= 11 is 0. The van der Waals surface area contributed by atoms with Gasteiger partial charge in [-0.1, -0.05) is 38.8 Å². The number of ketones is 5. The minimum absolute atomic E-state index is 0.0555. The lowest BCUT2D eigenvalue weighted by Gasteiger charge is -2.57. The summed E-state index contributed by atoms with van der Waals surface area (Å²) < 4.78 is 10.4. The number of nitrogens with zero attached hydrogens (tertiary/aromatic N) is 1. The van der Waals surface area contributed by atoms with Crippen molar-refractivity contribution in [3.05, 3.63) is 23.3 Å². The van der Waals surface area contributed by atoms with Crippen LogP contribution in [0.15, 0.2) is 23.3 Å². The monoisotopic (exact) mass is 912 g/mol. The number of hydrazine groups is 2. The second kappa shape index (κ2) is 18.5. The van der Waals surface area contributed by atoms with Crippen LogP contribution in [-0.4, -0.2) is 110 Å². The Bertz CT molecular complexity index is 2080. The van der Waals surface area contributed by atoms with Gasteiger partial charge >= 0.3 is 12.2 Å². The van der Waals surface area contributed by atoms with Crippen molar-refractivity contribution < 1.29 is 68.1 Å². The second-order valence-electron chi connectivity index (χ2n) is 20.7. The first-order valence-corrected chi connectivity index (χ1v) is 23.5. The van der Waals surface area contributed by atoms with Crippen molar-refractivity contribution in [1.82, 2.24) is 5.43 Å². The molecular weight excluding hydrogens is 841 g/mol. The molecule has 65 heavy (non-hydrogen) atoms. The average molecular weight is 912 g/mol. The summed E-state index contributed by atoms with van der Waals surface area (Å²) in [5.74, 6) is 9.93. The molecule has 8 rings (SSSR count). The van der Waals surface area contributed by atoms with Crippen LogP contribution in [0, 0.1) is 57.2 Å². The molecule has 0 aromatic heterocycles. The minimum Gasteiger partial charge on any atom is -0.449 e. The van der Waals surface area contributed by atoms with Crippen LogP contribution in [0.5, 0.6) is 0 Å². The van der Waals surface area contributed by atoms with Crippen molar-refractivity contribution >= 4 is 46.8 Å². The van der Waals surface area contributed by atoms with Crippen LogP contribution in [-0.2, 0) is 33.4 Å². The highest BCUT2D eigenvalue weighted by molar-refractivity contribution is 5.97. The summed E-state index contributed by atoms with van der Waals surface area (Å²) in [7, 11) is 0. The number of rotatable bonds is 6. The molecule has 17 nitrogen and oxygen atoms in total. The van der Waals surface area contributed by atoms with E-state index in [0.29, 0.717) is 63.7 Å². The predicted molar refractivity (Wildman–Crippen MR) is 234 cm³/mol. The zero-order valence-electron chi connectivity index (χ0n) is 38.9. The fraction of sp³-hybridized carbons (Fsp3) is 0.750. The van der Waals surface area contributed by atoms with Gasteiger partial charge in [0.25, 0.3) is 0 Å². The highest BCUT2D eigenvalue weighted by Gasteiger charge is 2.70. The number of hydrogen-bond acceptors (Lipinski definition) is 15. The Morgan fingerprint density at radius 2 is 1.14 bits per heavy atom. The normalized spacial score (nSPS) is 40.8. The predicted octanol–water partition coefficient (Wildman–Crippen LogP) is 3.50. The molecule has 0 aromatic carbocycles. The van der Waals surface area contributed by atoms with E-state index < -0.39 is 59.0 Å². The summed E-state index contributed by atoms with van der Waals surface area (Å²) in [6, 6.07) is 0. The van der Waals surface area contributed by atoms with Gasteiger partial charge < -0.3 is 29.9 Å². The summed E-state index contributed by atoms with van der Waals surface area (Å²) in [5.41, 5.74) is -0.726. The number of aliphatic hydroxyl groups is 4. The Hall–Kier alpha value is -4.16. The molecule has 6 fully saturated rings. The highest BCUT2D eigenvalue weighted by Crippen LogP contribution is 2.68. The molecule has 9 N–H and O–H groups in total. The van der Waals surface area contributed by atoms with Crippen molar-refractivity contribution in [2.24, 2.45) is 68.9 Å². The lowest BCUT2D eigenvalue weighted by molar-refractivity contribution is -0.458. The Labute approximate surface area is 380 Å². The summed E-state index contributed by atoms with van der Waals surface area (Å²) in [5, 5.41) is 41.2. The molecule has 8 aliphatic carbocycles. The van der Waals surface area contributed by atoms with Crippen molar-refractivity contribution in [3.8, 4) is 0 Å². The second-order valence-corrected chi connectivity index (χ2v) is 20.7. The molecule has 360 valence electrons. The highest BCUT2D eigenvalue weighted by atomic mass is 16.6. The van der Waals surface area contributed by atoms with E-state index in [1.54, 1.807) is 25.3 Å².